The van der Waals surface area contributed by atoms with E-state index in [2.05, 4.69) is 15.3 Å². The second-order valence-corrected chi connectivity index (χ2v) is 4.88. The molecule has 2 heterocycles. The van der Waals surface area contributed by atoms with E-state index < -0.39 is 0 Å². The molecule has 0 atom stereocenters. The van der Waals surface area contributed by atoms with Gasteiger partial charge in [0.15, 0.2) is 0 Å². The molecule has 0 saturated heterocycles. The summed E-state index contributed by atoms with van der Waals surface area (Å²) in [5.74, 6) is 1.23. The van der Waals surface area contributed by atoms with E-state index >= 15 is 0 Å². The number of ether oxygens (including phenoxy) is 1. The maximum absolute atomic E-state index is 5.75. The first-order chi connectivity index (χ1) is 10.8. The largest absolute Gasteiger partial charge is 0.437 e. The summed E-state index contributed by atoms with van der Waals surface area (Å²) in [5.41, 5.74) is 3.89. The molecule has 22 heavy (non-hydrogen) atoms. The summed E-state index contributed by atoms with van der Waals surface area (Å²) in [6.45, 7) is 1.94. The summed E-state index contributed by atoms with van der Waals surface area (Å²) in [7, 11) is 1.87. The van der Waals surface area contributed by atoms with Gasteiger partial charge in [0.1, 0.15) is 5.75 Å². The highest BCUT2D eigenvalue weighted by molar-refractivity contribution is 5.59. The molecule has 0 radical (unpaired) electrons. The Morgan fingerprint density at radius 2 is 1.77 bits per heavy atom. The van der Waals surface area contributed by atoms with E-state index in [1.165, 1.54) is 0 Å². The molecular formula is C18H17N3O. The number of aryl methyl sites for hydroxylation is 1. The molecule has 0 aliphatic rings. The summed E-state index contributed by atoms with van der Waals surface area (Å²) < 4.78 is 5.75. The number of benzene rings is 1. The number of aromatic nitrogens is 2. The molecule has 0 amide bonds. The van der Waals surface area contributed by atoms with Crippen LogP contribution in [0.3, 0.4) is 0 Å². The molecule has 3 rings (SSSR count). The van der Waals surface area contributed by atoms with Gasteiger partial charge in [0.25, 0.3) is 0 Å². The fourth-order valence-corrected chi connectivity index (χ4v) is 2.20. The summed E-state index contributed by atoms with van der Waals surface area (Å²) in [5, 5.41) is 3.08. The Kier molecular flexibility index (Phi) is 4.01. The van der Waals surface area contributed by atoms with Crippen LogP contribution in [0.15, 0.2) is 60.8 Å². The fourth-order valence-electron chi connectivity index (χ4n) is 2.20. The number of anilines is 1. The van der Waals surface area contributed by atoms with Crippen molar-refractivity contribution in [2.75, 3.05) is 12.4 Å². The summed E-state index contributed by atoms with van der Waals surface area (Å²) >= 11 is 0. The van der Waals surface area contributed by atoms with Crippen LogP contribution in [0, 0.1) is 6.92 Å². The molecule has 1 N–H and O–H groups in total. The molecule has 0 fully saturated rings. The van der Waals surface area contributed by atoms with E-state index in [4.69, 9.17) is 4.74 Å². The van der Waals surface area contributed by atoms with E-state index in [1.54, 1.807) is 6.20 Å². The predicted octanol–water partition coefficient (Wildman–Crippen LogP) is 4.29. The van der Waals surface area contributed by atoms with Crippen molar-refractivity contribution in [3.8, 4) is 22.9 Å². The van der Waals surface area contributed by atoms with Crippen LogP contribution in [-0.2, 0) is 0 Å². The summed E-state index contributed by atoms with van der Waals surface area (Å²) in [6, 6.07) is 17.7. The lowest BCUT2D eigenvalue weighted by Crippen LogP contribution is -1.96. The van der Waals surface area contributed by atoms with E-state index in [0.717, 1.165) is 22.6 Å². The zero-order valence-corrected chi connectivity index (χ0v) is 12.6. The zero-order chi connectivity index (χ0) is 15.4. The van der Waals surface area contributed by atoms with Gasteiger partial charge in [-0.05, 0) is 25.1 Å². The van der Waals surface area contributed by atoms with E-state index in [1.807, 2.05) is 68.6 Å². The van der Waals surface area contributed by atoms with Crippen molar-refractivity contribution in [3.05, 3.63) is 66.5 Å². The predicted molar refractivity (Wildman–Crippen MR) is 88.3 cm³/mol. The monoisotopic (exact) mass is 291 g/mol. The van der Waals surface area contributed by atoms with Gasteiger partial charge in [-0.2, -0.15) is 0 Å². The molecule has 0 aliphatic carbocycles. The zero-order valence-electron chi connectivity index (χ0n) is 12.6. The normalized spacial score (nSPS) is 10.3. The maximum atomic E-state index is 5.75. The van der Waals surface area contributed by atoms with Gasteiger partial charge in [-0.25, -0.2) is 4.98 Å². The van der Waals surface area contributed by atoms with E-state index in [0.29, 0.717) is 11.6 Å². The highest BCUT2D eigenvalue weighted by Gasteiger charge is 2.04. The Labute approximate surface area is 129 Å². The Morgan fingerprint density at radius 1 is 0.955 bits per heavy atom. The average Bonchev–Trinajstić information content (AvgIpc) is 2.57. The van der Waals surface area contributed by atoms with Crippen LogP contribution in [0.4, 0.5) is 5.69 Å². The first-order valence-corrected chi connectivity index (χ1v) is 7.11. The third-order valence-corrected chi connectivity index (χ3v) is 3.36. The third kappa shape index (κ3) is 3.06. The second kappa shape index (κ2) is 6.26. The van der Waals surface area contributed by atoms with Crippen LogP contribution in [0.25, 0.3) is 11.3 Å². The van der Waals surface area contributed by atoms with Gasteiger partial charge in [0, 0.05) is 18.7 Å². The molecule has 4 nitrogen and oxygen atoms in total. The first kappa shape index (κ1) is 14.1. The third-order valence-electron chi connectivity index (χ3n) is 3.36. The van der Waals surface area contributed by atoms with Gasteiger partial charge in [-0.15, -0.1) is 0 Å². The van der Waals surface area contributed by atoms with Crippen molar-refractivity contribution in [1.29, 1.82) is 0 Å². The van der Waals surface area contributed by atoms with Crippen LogP contribution in [-0.4, -0.2) is 17.0 Å². The van der Waals surface area contributed by atoms with Gasteiger partial charge in [-0.1, -0.05) is 30.3 Å². The smallest absolute Gasteiger partial charge is 0.219 e. The first-order valence-electron chi connectivity index (χ1n) is 7.11. The van der Waals surface area contributed by atoms with Crippen molar-refractivity contribution < 1.29 is 4.74 Å². The Morgan fingerprint density at radius 3 is 2.41 bits per heavy atom. The van der Waals surface area contributed by atoms with Gasteiger partial charge < -0.3 is 10.1 Å². The molecule has 0 unspecified atom stereocenters. The Bertz CT molecular complexity index is 755. The van der Waals surface area contributed by atoms with Crippen LogP contribution in [0.2, 0.25) is 0 Å². The quantitative estimate of drug-likeness (QED) is 0.779. The Balaban J connectivity index is 1.78. The number of pyridine rings is 2. The lowest BCUT2D eigenvalue weighted by molar-refractivity contribution is 0.460. The Hall–Kier alpha value is -2.88. The fraction of sp³-hybridized carbons (Fsp3) is 0.111. The van der Waals surface area contributed by atoms with Crippen LogP contribution in [0.5, 0.6) is 11.6 Å². The second-order valence-electron chi connectivity index (χ2n) is 4.88. The molecule has 2 aromatic heterocycles. The van der Waals surface area contributed by atoms with Crippen LogP contribution in [0.1, 0.15) is 5.69 Å². The lowest BCUT2D eigenvalue weighted by Gasteiger charge is -2.08. The molecule has 0 aliphatic heterocycles. The minimum Gasteiger partial charge on any atom is -0.437 e. The van der Waals surface area contributed by atoms with Gasteiger partial charge in [0.05, 0.1) is 23.3 Å². The summed E-state index contributed by atoms with van der Waals surface area (Å²) in [6.07, 6.45) is 1.71. The maximum Gasteiger partial charge on any atom is 0.219 e. The minimum absolute atomic E-state index is 0.561. The highest BCUT2D eigenvalue weighted by atomic mass is 16.5. The summed E-state index contributed by atoms with van der Waals surface area (Å²) in [4.78, 5) is 8.84. The van der Waals surface area contributed by atoms with E-state index in [9.17, 15) is 0 Å². The number of hydrogen-bond acceptors (Lipinski definition) is 4. The molecule has 4 heteroatoms. The van der Waals surface area contributed by atoms with Crippen molar-refractivity contribution in [2.24, 2.45) is 0 Å². The number of hydrogen-bond donors (Lipinski definition) is 1. The average molecular weight is 291 g/mol. The van der Waals surface area contributed by atoms with Crippen LogP contribution >= 0.6 is 0 Å². The minimum atomic E-state index is 0.561. The van der Waals surface area contributed by atoms with Gasteiger partial charge in [0.2, 0.25) is 5.88 Å². The van der Waals surface area contributed by atoms with E-state index in [-0.39, 0.29) is 0 Å². The molecule has 3 aromatic rings. The molecule has 0 saturated carbocycles. The molecule has 1 aromatic carbocycles. The molecule has 110 valence electrons. The van der Waals surface area contributed by atoms with Gasteiger partial charge >= 0.3 is 0 Å². The van der Waals surface area contributed by atoms with Crippen molar-refractivity contribution in [2.45, 2.75) is 6.92 Å². The lowest BCUT2D eigenvalue weighted by atomic mass is 10.1. The topological polar surface area (TPSA) is 47.0 Å². The number of nitrogens with one attached hydrogen (secondary N) is 1. The molecule has 0 spiro atoms. The van der Waals surface area contributed by atoms with Crippen molar-refractivity contribution in [1.82, 2.24) is 9.97 Å². The SMILES string of the molecule is CNc1ccc(Oc2ccc(-c3ccccc3)nc2)nc1C. The molecular weight excluding hydrogens is 274 g/mol. The van der Waals surface area contributed by atoms with Gasteiger partial charge in [-0.3, -0.25) is 4.98 Å². The van der Waals surface area contributed by atoms with Crippen LogP contribution < -0.4 is 10.1 Å². The molecule has 0 bridgehead atoms. The number of nitrogens with zero attached hydrogens (tertiary/aromatic N) is 2. The van der Waals surface area contributed by atoms with Crippen molar-refractivity contribution in [3.63, 3.8) is 0 Å². The standard InChI is InChI=1S/C18H17N3O/c1-13-16(19-2)10-11-18(21-13)22-15-8-9-17(20-12-15)14-6-4-3-5-7-14/h3-12,19H,1-2H3. The number of rotatable bonds is 4. The highest BCUT2D eigenvalue weighted by Crippen LogP contribution is 2.24. The van der Waals surface area contributed by atoms with Crippen molar-refractivity contribution >= 4 is 5.69 Å².